The molecule has 4 rings (SSSR count). The Labute approximate surface area is 214 Å². The van der Waals surface area contributed by atoms with Gasteiger partial charge in [-0.1, -0.05) is 42.5 Å². The van der Waals surface area contributed by atoms with Gasteiger partial charge in [0, 0.05) is 23.1 Å². The molecular formula is C29H28N2O6. The molecule has 8 nitrogen and oxygen atoms in total. The van der Waals surface area contributed by atoms with E-state index in [0.717, 1.165) is 22.4 Å². The molecule has 1 aromatic heterocycles. The lowest BCUT2D eigenvalue weighted by atomic mass is 9.96. The maximum atomic E-state index is 11.6. The Kier molecular flexibility index (Phi) is 7.88. The van der Waals surface area contributed by atoms with E-state index in [4.69, 9.17) is 14.6 Å². The minimum Gasteiger partial charge on any atom is -0.497 e. The van der Waals surface area contributed by atoms with Crippen molar-refractivity contribution in [2.45, 2.75) is 26.3 Å². The van der Waals surface area contributed by atoms with Gasteiger partial charge < -0.3 is 19.7 Å². The van der Waals surface area contributed by atoms with E-state index in [9.17, 15) is 19.8 Å². The third-order valence-electron chi connectivity index (χ3n) is 5.94. The van der Waals surface area contributed by atoms with Crippen molar-refractivity contribution < 1.29 is 29.3 Å². The van der Waals surface area contributed by atoms with Crippen LogP contribution in [0.15, 0.2) is 72.8 Å². The molecule has 190 valence electrons. The molecule has 0 spiro atoms. The number of aromatic carboxylic acids is 1. The highest BCUT2D eigenvalue weighted by atomic mass is 16.5. The van der Waals surface area contributed by atoms with Crippen LogP contribution in [0.3, 0.4) is 0 Å². The lowest BCUT2D eigenvalue weighted by Gasteiger charge is -2.12. The number of hydrogen-bond donors (Lipinski definition) is 2. The first kappa shape index (κ1) is 25.5. The van der Waals surface area contributed by atoms with Gasteiger partial charge in [-0.25, -0.2) is 4.79 Å². The molecule has 0 radical (unpaired) electrons. The molecule has 3 aromatic carbocycles. The molecule has 0 saturated heterocycles. The number of ether oxygens (including phenoxy) is 2. The van der Waals surface area contributed by atoms with Crippen molar-refractivity contribution in [1.29, 1.82) is 0 Å². The summed E-state index contributed by atoms with van der Waals surface area (Å²) in [6, 6.07) is 22.0. The van der Waals surface area contributed by atoms with Crippen LogP contribution in [0.1, 0.15) is 34.8 Å². The quantitative estimate of drug-likeness (QED) is 0.284. The number of nitrogens with zero attached hydrogens (tertiary/aromatic N) is 2. The Morgan fingerprint density at radius 2 is 1.76 bits per heavy atom. The molecule has 8 heteroatoms. The highest BCUT2D eigenvalue weighted by molar-refractivity contribution is 5.90. The van der Waals surface area contributed by atoms with Crippen LogP contribution < -0.4 is 9.47 Å². The van der Waals surface area contributed by atoms with Gasteiger partial charge in [-0.3, -0.25) is 9.48 Å². The van der Waals surface area contributed by atoms with Gasteiger partial charge in [-0.05, 0) is 49.2 Å². The summed E-state index contributed by atoms with van der Waals surface area (Å²) in [6.45, 7) is 2.59. The van der Waals surface area contributed by atoms with Crippen molar-refractivity contribution in [2.24, 2.45) is 0 Å². The maximum Gasteiger partial charge on any atom is 0.335 e. The minimum absolute atomic E-state index is 0.0935. The second-order valence-corrected chi connectivity index (χ2v) is 8.39. The second-order valence-electron chi connectivity index (χ2n) is 8.39. The Morgan fingerprint density at radius 1 is 0.973 bits per heavy atom. The number of rotatable bonds is 11. The van der Waals surface area contributed by atoms with Gasteiger partial charge >= 0.3 is 11.9 Å². The van der Waals surface area contributed by atoms with Crippen molar-refractivity contribution in [3.05, 3.63) is 89.5 Å². The van der Waals surface area contributed by atoms with E-state index in [2.05, 4.69) is 0 Å². The van der Waals surface area contributed by atoms with Gasteiger partial charge in [0.05, 0.1) is 37.2 Å². The number of carboxylic acids is 2. The lowest BCUT2D eigenvalue weighted by Crippen LogP contribution is -2.05. The number of aromatic nitrogens is 2. The standard InChI is InChI=1S/C29H28N2O6/c1-3-37-25-17-21(29(34)35)12-13-23(25)27-24(14-15-26(32)33)28(20-10-7-11-22(16-20)36-2)31(30-27)18-19-8-5-4-6-9-19/h4-13,16-17H,3,14-15,18H2,1-2H3,(H,32,33)(H,34,35). The number of carboxylic acid groups (broad SMARTS) is 2. The molecule has 1 heterocycles. The van der Waals surface area contributed by atoms with Gasteiger partial charge in [0.1, 0.15) is 11.5 Å². The van der Waals surface area contributed by atoms with Crippen LogP contribution in [0.5, 0.6) is 11.5 Å². The molecule has 0 amide bonds. The third kappa shape index (κ3) is 5.81. The summed E-state index contributed by atoms with van der Waals surface area (Å²) < 4.78 is 13.1. The van der Waals surface area contributed by atoms with E-state index < -0.39 is 11.9 Å². The first-order valence-corrected chi connectivity index (χ1v) is 11.9. The van der Waals surface area contributed by atoms with Crippen molar-refractivity contribution in [1.82, 2.24) is 9.78 Å². The fourth-order valence-electron chi connectivity index (χ4n) is 4.27. The van der Waals surface area contributed by atoms with Gasteiger partial charge in [0.25, 0.3) is 0 Å². The van der Waals surface area contributed by atoms with E-state index in [0.29, 0.717) is 35.9 Å². The Balaban J connectivity index is 1.99. The van der Waals surface area contributed by atoms with Crippen molar-refractivity contribution in [2.75, 3.05) is 13.7 Å². The largest absolute Gasteiger partial charge is 0.497 e. The first-order valence-electron chi connectivity index (χ1n) is 11.9. The van der Waals surface area contributed by atoms with Crippen LogP contribution in [-0.4, -0.2) is 45.6 Å². The second kappa shape index (κ2) is 11.4. The number of aliphatic carboxylic acids is 1. The monoisotopic (exact) mass is 500 g/mol. The fourth-order valence-corrected chi connectivity index (χ4v) is 4.27. The van der Waals surface area contributed by atoms with Crippen molar-refractivity contribution in [3.63, 3.8) is 0 Å². The predicted molar refractivity (Wildman–Crippen MR) is 139 cm³/mol. The zero-order valence-electron chi connectivity index (χ0n) is 20.7. The molecule has 0 fully saturated rings. The number of methoxy groups -OCH3 is 1. The zero-order valence-corrected chi connectivity index (χ0v) is 20.7. The molecule has 0 unspecified atom stereocenters. The zero-order chi connectivity index (χ0) is 26.4. The smallest absolute Gasteiger partial charge is 0.335 e. The summed E-state index contributed by atoms with van der Waals surface area (Å²) in [4.78, 5) is 23.2. The summed E-state index contributed by atoms with van der Waals surface area (Å²) in [6.07, 6.45) is 0.121. The van der Waals surface area contributed by atoms with Crippen LogP contribution in [0.25, 0.3) is 22.5 Å². The predicted octanol–water partition coefficient (Wildman–Crippen LogP) is 5.39. The Hall–Kier alpha value is -4.59. The molecule has 0 atom stereocenters. The van der Waals surface area contributed by atoms with Gasteiger partial charge in [0.15, 0.2) is 0 Å². The Bertz CT molecular complexity index is 1410. The molecule has 4 aromatic rings. The van der Waals surface area contributed by atoms with E-state index in [-0.39, 0.29) is 18.4 Å². The maximum absolute atomic E-state index is 11.6. The third-order valence-corrected chi connectivity index (χ3v) is 5.94. The number of hydrogen-bond acceptors (Lipinski definition) is 5. The van der Waals surface area contributed by atoms with Gasteiger partial charge in [-0.15, -0.1) is 0 Å². The average Bonchev–Trinajstić information content (AvgIpc) is 3.25. The summed E-state index contributed by atoms with van der Waals surface area (Å²) in [5.41, 5.74) is 4.60. The molecule has 0 aliphatic rings. The van der Waals surface area contributed by atoms with E-state index >= 15 is 0 Å². The molecule has 0 bridgehead atoms. The first-order chi connectivity index (χ1) is 17.9. The van der Waals surface area contributed by atoms with Gasteiger partial charge in [-0.2, -0.15) is 5.10 Å². The minimum atomic E-state index is -1.06. The molecule has 0 aliphatic carbocycles. The fraction of sp³-hybridized carbons (Fsp3) is 0.207. The lowest BCUT2D eigenvalue weighted by molar-refractivity contribution is -0.136. The summed E-state index contributed by atoms with van der Waals surface area (Å²) in [5.74, 6) is -0.952. The summed E-state index contributed by atoms with van der Waals surface area (Å²) in [7, 11) is 1.59. The normalized spacial score (nSPS) is 10.8. The van der Waals surface area contributed by atoms with Crippen LogP contribution in [0, 0.1) is 0 Å². The van der Waals surface area contributed by atoms with E-state index in [1.807, 2.05) is 66.2 Å². The van der Waals surface area contributed by atoms with Gasteiger partial charge in [0.2, 0.25) is 0 Å². The van der Waals surface area contributed by atoms with Crippen LogP contribution in [0.4, 0.5) is 0 Å². The molecular weight excluding hydrogens is 472 g/mol. The molecule has 0 aliphatic heterocycles. The SMILES string of the molecule is CCOc1cc(C(=O)O)ccc1-c1nn(Cc2ccccc2)c(-c2cccc(OC)c2)c1CCC(=O)O. The molecule has 0 saturated carbocycles. The average molecular weight is 501 g/mol. The van der Waals surface area contributed by atoms with E-state index in [1.165, 1.54) is 12.1 Å². The number of benzene rings is 3. The topological polar surface area (TPSA) is 111 Å². The molecule has 2 N–H and O–H groups in total. The van der Waals surface area contributed by atoms with Crippen LogP contribution in [0.2, 0.25) is 0 Å². The summed E-state index contributed by atoms with van der Waals surface area (Å²) >= 11 is 0. The number of carbonyl (C=O) groups is 2. The van der Waals surface area contributed by atoms with Crippen molar-refractivity contribution >= 4 is 11.9 Å². The summed E-state index contributed by atoms with van der Waals surface area (Å²) in [5, 5.41) is 24.0. The van der Waals surface area contributed by atoms with Crippen LogP contribution >= 0.6 is 0 Å². The highest BCUT2D eigenvalue weighted by Crippen LogP contribution is 2.39. The highest BCUT2D eigenvalue weighted by Gasteiger charge is 2.24. The van der Waals surface area contributed by atoms with Crippen LogP contribution in [-0.2, 0) is 17.8 Å². The van der Waals surface area contributed by atoms with E-state index in [1.54, 1.807) is 13.2 Å². The Morgan fingerprint density at radius 3 is 2.43 bits per heavy atom. The van der Waals surface area contributed by atoms with Crippen molar-refractivity contribution in [3.8, 4) is 34.0 Å². The molecule has 37 heavy (non-hydrogen) atoms.